The van der Waals surface area contributed by atoms with E-state index in [2.05, 4.69) is 14.7 Å². The first-order chi connectivity index (χ1) is 8.47. The van der Waals surface area contributed by atoms with E-state index in [1.165, 1.54) is 14.2 Å². The number of hydrogen-bond acceptors (Lipinski definition) is 7. The van der Waals surface area contributed by atoms with Crippen LogP contribution in [0.25, 0.3) is 0 Å². The van der Waals surface area contributed by atoms with Gasteiger partial charge >= 0.3 is 5.97 Å². The molecule has 0 aromatic carbocycles. The number of nitrogens with two attached hydrogens (primary N) is 1. The zero-order valence-corrected chi connectivity index (χ0v) is 11.0. The van der Waals surface area contributed by atoms with Crippen LogP contribution >= 0.6 is 0 Å². The second kappa shape index (κ2) is 6.04. The summed E-state index contributed by atoms with van der Waals surface area (Å²) in [5.74, 6) is 0.574. The third kappa shape index (κ3) is 3.47. The molecule has 1 atom stereocenters. The Morgan fingerprint density at radius 1 is 1.50 bits per heavy atom. The lowest BCUT2D eigenvalue weighted by atomic mass is 10.2. The second-order valence-corrected chi connectivity index (χ2v) is 3.93. The lowest BCUT2D eigenvalue weighted by Gasteiger charge is -2.21. The van der Waals surface area contributed by atoms with E-state index in [0.717, 1.165) is 0 Å². The number of hydrogen-bond donors (Lipinski definition) is 1. The molecule has 1 rings (SSSR count). The maximum atomic E-state index is 11.3. The molecule has 0 bridgehead atoms. The second-order valence-electron chi connectivity index (χ2n) is 3.93. The third-order valence-electron chi connectivity index (χ3n) is 2.46. The largest absolute Gasteiger partial charge is 0.481 e. The Morgan fingerprint density at radius 2 is 2.17 bits per heavy atom. The van der Waals surface area contributed by atoms with Crippen molar-refractivity contribution in [2.45, 2.75) is 6.92 Å². The molecule has 0 spiro atoms. The number of nitrogen functional groups attached to an aromatic ring is 1. The van der Waals surface area contributed by atoms with Gasteiger partial charge < -0.3 is 20.1 Å². The normalized spacial score (nSPS) is 11.8. The predicted molar refractivity (Wildman–Crippen MR) is 67.4 cm³/mol. The predicted octanol–water partition coefficient (Wildman–Crippen LogP) is 0.313. The van der Waals surface area contributed by atoms with E-state index >= 15 is 0 Å². The van der Waals surface area contributed by atoms with Gasteiger partial charge in [0.15, 0.2) is 0 Å². The van der Waals surface area contributed by atoms with Crippen molar-refractivity contribution in [3.05, 3.63) is 6.07 Å². The highest BCUT2D eigenvalue weighted by Crippen LogP contribution is 2.18. The fourth-order valence-electron chi connectivity index (χ4n) is 1.51. The molecular formula is C11H18N4O3. The monoisotopic (exact) mass is 254 g/mol. The summed E-state index contributed by atoms with van der Waals surface area (Å²) in [6.45, 7) is 2.25. The van der Waals surface area contributed by atoms with Gasteiger partial charge in [-0.1, -0.05) is 6.92 Å². The molecule has 0 radical (unpaired) electrons. The van der Waals surface area contributed by atoms with Crippen LogP contribution in [0.1, 0.15) is 6.92 Å². The summed E-state index contributed by atoms with van der Waals surface area (Å²) < 4.78 is 9.68. The van der Waals surface area contributed by atoms with Crippen molar-refractivity contribution in [1.82, 2.24) is 9.97 Å². The Kier molecular flexibility index (Phi) is 4.70. The van der Waals surface area contributed by atoms with E-state index in [9.17, 15) is 4.79 Å². The van der Waals surface area contributed by atoms with Crippen molar-refractivity contribution < 1.29 is 14.3 Å². The molecule has 2 N–H and O–H groups in total. The SMILES string of the molecule is COC(=O)C(C)CN(C)c1cc(OC)nc(N)n1. The van der Waals surface area contributed by atoms with Gasteiger partial charge in [0, 0.05) is 19.7 Å². The van der Waals surface area contributed by atoms with Crippen molar-refractivity contribution >= 4 is 17.7 Å². The maximum absolute atomic E-state index is 11.3. The van der Waals surface area contributed by atoms with E-state index < -0.39 is 0 Å². The average Bonchev–Trinajstić information content (AvgIpc) is 2.36. The number of nitrogens with zero attached hydrogens (tertiary/aromatic N) is 3. The molecule has 0 aliphatic heterocycles. The zero-order valence-electron chi connectivity index (χ0n) is 11.0. The highest BCUT2D eigenvalue weighted by molar-refractivity contribution is 5.72. The van der Waals surface area contributed by atoms with Crippen LogP contribution < -0.4 is 15.4 Å². The molecule has 7 nitrogen and oxygen atoms in total. The number of aromatic nitrogens is 2. The molecule has 1 aromatic heterocycles. The lowest BCUT2D eigenvalue weighted by Crippen LogP contribution is -2.30. The van der Waals surface area contributed by atoms with Gasteiger partial charge in [-0.2, -0.15) is 9.97 Å². The van der Waals surface area contributed by atoms with Crippen molar-refractivity contribution in [3.8, 4) is 5.88 Å². The maximum Gasteiger partial charge on any atom is 0.310 e. The van der Waals surface area contributed by atoms with E-state index in [-0.39, 0.29) is 17.8 Å². The summed E-state index contributed by atoms with van der Waals surface area (Å²) in [6, 6.07) is 1.65. The first kappa shape index (κ1) is 14.0. The van der Waals surface area contributed by atoms with Crippen molar-refractivity contribution in [1.29, 1.82) is 0 Å². The van der Waals surface area contributed by atoms with Gasteiger partial charge in [0.1, 0.15) is 5.82 Å². The molecule has 0 saturated heterocycles. The number of carbonyl (C=O) groups excluding carboxylic acids is 1. The summed E-state index contributed by atoms with van der Waals surface area (Å²) in [4.78, 5) is 21.1. The minimum absolute atomic E-state index is 0.127. The fourth-order valence-corrected chi connectivity index (χ4v) is 1.51. The van der Waals surface area contributed by atoms with Crippen LogP contribution in [0.5, 0.6) is 5.88 Å². The summed E-state index contributed by atoms with van der Waals surface area (Å²) in [6.07, 6.45) is 0. The van der Waals surface area contributed by atoms with Gasteiger partial charge in [0.05, 0.1) is 20.1 Å². The van der Waals surface area contributed by atoms with Crippen LogP contribution in [0.4, 0.5) is 11.8 Å². The Hall–Kier alpha value is -2.05. The van der Waals surface area contributed by atoms with Gasteiger partial charge in [-0.25, -0.2) is 0 Å². The minimum Gasteiger partial charge on any atom is -0.481 e. The van der Waals surface area contributed by atoms with Gasteiger partial charge in [-0.15, -0.1) is 0 Å². The summed E-state index contributed by atoms with van der Waals surface area (Å²) in [7, 11) is 4.67. The Bertz CT molecular complexity index is 425. The molecule has 0 aliphatic rings. The molecular weight excluding hydrogens is 236 g/mol. The zero-order chi connectivity index (χ0) is 13.7. The first-order valence-electron chi connectivity index (χ1n) is 5.45. The van der Waals surface area contributed by atoms with Crippen LogP contribution in [0.2, 0.25) is 0 Å². The fraction of sp³-hybridized carbons (Fsp3) is 0.545. The molecule has 0 fully saturated rings. The number of carbonyl (C=O) groups is 1. The molecule has 1 aromatic rings. The number of anilines is 2. The highest BCUT2D eigenvalue weighted by Gasteiger charge is 2.17. The van der Waals surface area contributed by atoms with Crippen LogP contribution in [0.15, 0.2) is 6.07 Å². The summed E-state index contributed by atoms with van der Waals surface area (Å²) in [5.41, 5.74) is 5.57. The third-order valence-corrected chi connectivity index (χ3v) is 2.46. The molecule has 100 valence electrons. The topological polar surface area (TPSA) is 90.6 Å². The molecule has 7 heteroatoms. The number of methoxy groups -OCH3 is 2. The standard InChI is InChI=1S/C11H18N4O3/c1-7(10(16)18-4)6-15(2)8-5-9(17-3)14-11(12)13-8/h5,7H,6H2,1-4H3,(H2,12,13,14). The summed E-state index contributed by atoms with van der Waals surface area (Å²) >= 11 is 0. The molecule has 0 aliphatic carbocycles. The smallest absolute Gasteiger partial charge is 0.310 e. The van der Waals surface area contributed by atoms with Crippen molar-refractivity contribution in [2.24, 2.45) is 5.92 Å². The van der Waals surface area contributed by atoms with Gasteiger partial charge in [-0.05, 0) is 0 Å². The number of ether oxygens (including phenoxy) is 2. The van der Waals surface area contributed by atoms with E-state index in [0.29, 0.717) is 18.2 Å². The molecule has 0 saturated carbocycles. The molecule has 18 heavy (non-hydrogen) atoms. The highest BCUT2D eigenvalue weighted by atomic mass is 16.5. The van der Waals surface area contributed by atoms with Gasteiger partial charge in [0.2, 0.25) is 11.8 Å². The average molecular weight is 254 g/mol. The van der Waals surface area contributed by atoms with Crippen LogP contribution in [0, 0.1) is 5.92 Å². The van der Waals surface area contributed by atoms with E-state index in [4.69, 9.17) is 10.5 Å². The number of esters is 1. The van der Waals surface area contributed by atoms with Gasteiger partial charge in [-0.3, -0.25) is 4.79 Å². The van der Waals surface area contributed by atoms with E-state index in [1.54, 1.807) is 24.9 Å². The minimum atomic E-state index is -0.268. The van der Waals surface area contributed by atoms with Gasteiger partial charge in [0.25, 0.3) is 0 Å². The Morgan fingerprint density at radius 3 is 2.72 bits per heavy atom. The first-order valence-corrected chi connectivity index (χ1v) is 5.45. The quantitative estimate of drug-likeness (QED) is 0.756. The summed E-state index contributed by atoms with van der Waals surface area (Å²) in [5, 5.41) is 0. The van der Waals surface area contributed by atoms with Crippen molar-refractivity contribution in [2.75, 3.05) is 38.4 Å². The Balaban J connectivity index is 2.80. The lowest BCUT2D eigenvalue weighted by molar-refractivity contribution is -0.144. The molecule has 1 heterocycles. The van der Waals surface area contributed by atoms with Crippen molar-refractivity contribution in [3.63, 3.8) is 0 Å². The molecule has 0 amide bonds. The van der Waals surface area contributed by atoms with E-state index in [1.807, 2.05) is 0 Å². The molecule has 1 unspecified atom stereocenters. The number of rotatable bonds is 5. The van der Waals surface area contributed by atoms with Crippen LogP contribution in [-0.2, 0) is 9.53 Å². The Labute approximate surface area is 106 Å². The van der Waals surface area contributed by atoms with Crippen LogP contribution in [0.3, 0.4) is 0 Å². The van der Waals surface area contributed by atoms with Crippen LogP contribution in [-0.4, -0.2) is 43.7 Å².